The average molecular weight is 372 g/mol. The molecule has 3 aromatic rings. The highest BCUT2D eigenvalue weighted by molar-refractivity contribution is 6.32. The monoisotopic (exact) mass is 371 g/mol. The number of hydrogen-bond donors (Lipinski definition) is 2. The summed E-state index contributed by atoms with van der Waals surface area (Å²) in [7, 11) is 0. The summed E-state index contributed by atoms with van der Waals surface area (Å²) >= 11 is 5.88. The molecular formula is C18H18ClN5O2. The zero-order chi connectivity index (χ0) is 18.5. The first kappa shape index (κ1) is 17.9. The summed E-state index contributed by atoms with van der Waals surface area (Å²) < 4.78 is 1.76. The highest BCUT2D eigenvalue weighted by Gasteiger charge is 2.15. The van der Waals surface area contributed by atoms with E-state index >= 15 is 0 Å². The molecule has 0 radical (unpaired) electrons. The van der Waals surface area contributed by atoms with Crippen LogP contribution in [-0.4, -0.2) is 39.3 Å². The second-order valence-corrected chi connectivity index (χ2v) is 6.04. The number of carbonyl (C=O) groups is 2. The van der Waals surface area contributed by atoms with Gasteiger partial charge in [-0.1, -0.05) is 17.7 Å². The normalized spacial score (nSPS) is 10.7. The van der Waals surface area contributed by atoms with Crippen molar-refractivity contribution in [2.75, 3.05) is 13.1 Å². The van der Waals surface area contributed by atoms with Gasteiger partial charge in [0, 0.05) is 25.5 Å². The number of rotatable bonds is 6. The van der Waals surface area contributed by atoms with Gasteiger partial charge in [0.05, 0.1) is 11.3 Å². The summed E-state index contributed by atoms with van der Waals surface area (Å²) in [5, 5.41) is 5.78. The highest BCUT2D eigenvalue weighted by atomic mass is 35.5. The number of halogens is 1. The van der Waals surface area contributed by atoms with Gasteiger partial charge in [0.25, 0.3) is 11.8 Å². The summed E-state index contributed by atoms with van der Waals surface area (Å²) in [6.45, 7) is 2.65. The lowest BCUT2D eigenvalue weighted by molar-refractivity contribution is 0.0946. The van der Waals surface area contributed by atoms with E-state index in [1.807, 2.05) is 24.4 Å². The summed E-state index contributed by atoms with van der Waals surface area (Å²) in [4.78, 5) is 32.7. The number of aromatic nitrogens is 3. The lowest BCUT2D eigenvalue weighted by Crippen LogP contribution is -2.30. The molecule has 0 unspecified atom stereocenters. The molecule has 134 valence electrons. The van der Waals surface area contributed by atoms with Crippen molar-refractivity contribution in [2.24, 2.45) is 0 Å². The molecule has 0 saturated heterocycles. The maximum Gasteiger partial charge on any atom is 0.270 e. The first-order valence-electron chi connectivity index (χ1n) is 8.18. The molecule has 0 aliphatic carbocycles. The fourth-order valence-electron chi connectivity index (χ4n) is 2.61. The molecule has 3 aromatic heterocycles. The quantitative estimate of drug-likeness (QED) is 0.513. The van der Waals surface area contributed by atoms with Crippen LogP contribution in [-0.2, 0) is 0 Å². The molecule has 0 bridgehead atoms. The molecule has 7 nitrogen and oxygen atoms in total. The molecule has 0 atom stereocenters. The van der Waals surface area contributed by atoms with E-state index in [0.717, 1.165) is 5.65 Å². The van der Waals surface area contributed by atoms with Gasteiger partial charge in [-0.3, -0.25) is 14.0 Å². The lowest BCUT2D eigenvalue weighted by Gasteiger charge is -2.08. The van der Waals surface area contributed by atoms with Crippen LogP contribution in [0.25, 0.3) is 5.65 Å². The first-order chi connectivity index (χ1) is 12.6. The van der Waals surface area contributed by atoms with Crippen LogP contribution >= 0.6 is 11.6 Å². The number of carbonyl (C=O) groups excluding carboxylic acids is 2. The van der Waals surface area contributed by atoms with Crippen LogP contribution in [0.15, 0.2) is 42.7 Å². The number of amides is 2. The third kappa shape index (κ3) is 3.83. The third-order valence-electron chi connectivity index (χ3n) is 3.85. The van der Waals surface area contributed by atoms with Crippen LogP contribution < -0.4 is 10.6 Å². The van der Waals surface area contributed by atoms with Gasteiger partial charge < -0.3 is 10.6 Å². The number of imidazole rings is 1. The molecule has 2 N–H and O–H groups in total. The van der Waals surface area contributed by atoms with Crippen LogP contribution in [0, 0.1) is 6.92 Å². The Morgan fingerprint density at radius 2 is 1.88 bits per heavy atom. The van der Waals surface area contributed by atoms with Crippen molar-refractivity contribution in [3.8, 4) is 0 Å². The van der Waals surface area contributed by atoms with E-state index in [9.17, 15) is 9.59 Å². The number of pyridine rings is 2. The van der Waals surface area contributed by atoms with Crippen molar-refractivity contribution in [2.45, 2.75) is 13.3 Å². The minimum absolute atomic E-state index is 0.168. The van der Waals surface area contributed by atoms with Crippen LogP contribution in [0.5, 0.6) is 0 Å². The molecule has 2 amide bonds. The number of nitrogens with one attached hydrogen (secondary N) is 2. The van der Waals surface area contributed by atoms with E-state index in [-0.39, 0.29) is 17.0 Å². The van der Waals surface area contributed by atoms with E-state index in [4.69, 9.17) is 11.6 Å². The molecule has 8 heteroatoms. The molecule has 3 heterocycles. The predicted molar refractivity (Wildman–Crippen MR) is 98.5 cm³/mol. The first-order valence-corrected chi connectivity index (χ1v) is 8.56. The molecule has 0 fully saturated rings. The molecule has 3 rings (SSSR count). The van der Waals surface area contributed by atoms with Crippen molar-refractivity contribution in [3.05, 3.63) is 64.8 Å². The fraction of sp³-hybridized carbons (Fsp3) is 0.222. The van der Waals surface area contributed by atoms with E-state index in [1.165, 1.54) is 6.20 Å². The highest BCUT2D eigenvalue weighted by Crippen LogP contribution is 2.12. The van der Waals surface area contributed by atoms with Gasteiger partial charge in [-0.2, -0.15) is 0 Å². The second-order valence-electron chi connectivity index (χ2n) is 5.68. The van der Waals surface area contributed by atoms with Crippen LogP contribution in [0.2, 0.25) is 5.15 Å². The molecule has 0 saturated carbocycles. The summed E-state index contributed by atoms with van der Waals surface area (Å²) in [5.74, 6) is -0.477. The Bertz CT molecular complexity index is 954. The van der Waals surface area contributed by atoms with E-state index in [2.05, 4.69) is 20.6 Å². The maximum atomic E-state index is 12.4. The molecule has 0 aromatic carbocycles. The minimum Gasteiger partial charge on any atom is -0.352 e. The smallest absolute Gasteiger partial charge is 0.270 e. The minimum atomic E-state index is -0.285. The zero-order valence-electron chi connectivity index (χ0n) is 14.2. The van der Waals surface area contributed by atoms with E-state index in [0.29, 0.717) is 36.5 Å². The van der Waals surface area contributed by atoms with Gasteiger partial charge in [-0.15, -0.1) is 0 Å². The summed E-state index contributed by atoms with van der Waals surface area (Å²) in [5.41, 5.74) is 2.26. The van der Waals surface area contributed by atoms with Crippen molar-refractivity contribution in [3.63, 3.8) is 0 Å². The van der Waals surface area contributed by atoms with Crippen molar-refractivity contribution >= 4 is 29.1 Å². The Balaban J connectivity index is 1.49. The Labute approximate surface area is 155 Å². The van der Waals surface area contributed by atoms with Gasteiger partial charge in [0.1, 0.15) is 16.5 Å². The standard InChI is InChI=1S/C18H18ClN5O2/c1-12-15(24-11-3-2-7-14(24)23-12)18(26)22-10-5-9-21-17(25)13-6-4-8-20-16(13)19/h2-4,6-8,11H,5,9-10H2,1H3,(H,21,25)(H,22,26). The van der Waals surface area contributed by atoms with Gasteiger partial charge in [-0.25, -0.2) is 9.97 Å². The predicted octanol–water partition coefficient (Wildman–Crippen LogP) is 2.24. The Kier molecular flexibility index (Phi) is 5.48. The molecule has 0 spiro atoms. The zero-order valence-corrected chi connectivity index (χ0v) is 15.0. The van der Waals surface area contributed by atoms with E-state index in [1.54, 1.807) is 23.5 Å². The van der Waals surface area contributed by atoms with Gasteiger partial charge in [0.15, 0.2) is 0 Å². The fourth-order valence-corrected chi connectivity index (χ4v) is 2.82. The van der Waals surface area contributed by atoms with Gasteiger partial charge in [-0.05, 0) is 37.6 Å². The summed E-state index contributed by atoms with van der Waals surface area (Å²) in [6, 6.07) is 8.84. The molecule has 0 aliphatic heterocycles. The van der Waals surface area contributed by atoms with Crippen molar-refractivity contribution in [1.29, 1.82) is 0 Å². The lowest BCUT2D eigenvalue weighted by atomic mass is 10.2. The number of fused-ring (bicyclic) bond motifs is 1. The maximum absolute atomic E-state index is 12.4. The Morgan fingerprint density at radius 1 is 1.12 bits per heavy atom. The largest absolute Gasteiger partial charge is 0.352 e. The average Bonchev–Trinajstić information content (AvgIpc) is 2.97. The SMILES string of the molecule is Cc1nc2ccccn2c1C(=O)NCCCNC(=O)c1cccnc1Cl. The Morgan fingerprint density at radius 3 is 2.65 bits per heavy atom. The van der Waals surface area contributed by atoms with Crippen LogP contribution in [0.3, 0.4) is 0 Å². The number of aryl methyl sites for hydroxylation is 1. The summed E-state index contributed by atoms with van der Waals surface area (Å²) in [6.07, 6.45) is 3.92. The third-order valence-corrected chi connectivity index (χ3v) is 4.15. The van der Waals surface area contributed by atoms with Crippen molar-refractivity contribution < 1.29 is 9.59 Å². The van der Waals surface area contributed by atoms with Crippen LogP contribution in [0.1, 0.15) is 33.0 Å². The molecule has 26 heavy (non-hydrogen) atoms. The number of nitrogens with zero attached hydrogens (tertiary/aromatic N) is 3. The van der Waals surface area contributed by atoms with Gasteiger partial charge in [0.2, 0.25) is 0 Å². The van der Waals surface area contributed by atoms with Gasteiger partial charge >= 0.3 is 0 Å². The molecule has 0 aliphatic rings. The second kappa shape index (κ2) is 7.97. The molecular weight excluding hydrogens is 354 g/mol. The van der Waals surface area contributed by atoms with E-state index < -0.39 is 0 Å². The Hall–Kier alpha value is -2.93. The topological polar surface area (TPSA) is 88.4 Å². The van der Waals surface area contributed by atoms with Crippen molar-refractivity contribution in [1.82, 2.24) is 25.0 Å². The number of hydrogen-bond acceptors (Lipinski definition) is 4. The van der Waals surface area contributed by atoms with Crippen LogP contribution in [0.4, 0.5) is 0 Å².